The number of para-hydroxylation sites is 1. The van der Waals surface area contributed by atoms with Gasteiger partial charge in [-0.2, -0.15) is 4.98 Å². The minimum atomic E-state index is -0.300. The molecule has 9 nitrogen and oxygen atoms in total. The zero-order valence-corrected chi connectivity index (χ0v) is 22.0. The molecular formula is C27H31N7O2S. The summed E-state index contributed by atoms with van der Waals surface area (Å²) in [7, 11) is 4.27. The Balaban J connectivity index is 1.35. The molecule has 0 aliphatic carbocycles. The van der Waals surface area contributed by atoms with Gasteiger partial charge in [0.2, 0.25) is 11.4 Å². The summed E-state index contributed by atoms with van der Waals surface area (Å²) in [5.41, 5.74) is 1.43. The normalized spacial score (nSPS) is 23.5. The molecule has 1 amide bonds. The highest BCUT2D eigenvalue weighted by Crippen LogP contribution is 2.34. The van der Waals surface area contributed by atoms with Crippen LogP contribution >= 0.6 is 11.3 Å². The number of nitrogens with one attached hydrogen (secondary N) is 1. The summed E-state index contributed by atoms with van der Waals surface area (Å²) >= 11 is 1.47. The summed E-state index contributed by atoms with van der Waals surface area (Å²) in [6.07, 6.45) is 3.39. The quantitative estimate of drug-likeness (QED) is 0.446. The van der Waals surface area contributed by atoms with Crippen molar-refractivity contribution in [3.63, 3.8) is 0 Å². The zero-order chi connectivity index (χ0) is 25.3. The molecule has 0 bridgehead atoms. The lowest BCUT2D eigenvalue weighted by Crippen LogP contribution is -2.44. The fraction of sp³-hybridized carbons (Fsp3) is 0.481. The van der Waals surface area contributed by atoms with Crippen molar-refractivity contribution in [1.82, 2.24) is 29.5 Å². The van der Waals surface area contributed by atoms with Crippen LogP contribution in [0.2, 0.25) is 0 Å². The zero-order valence-electron chi connectivity index (χ0n) is 21.2. The van der Waals surface area contributed by atoms with Crippen molar-refractivity contribution >= 4 is 49.3 Å². The molecule has 37 heavy (non-hydrogen) atoms. The standard InChI is InChI=1S/C27H31N7O2S/c1-31-9-7-18(8-10-31)29-25(36)22-23(35)19-11-28-27(33-14-16-12-32(2)13-17(16)15-33)30-24(19)34-20-5-3-4-6-21(20)37-26(22)34/h3-6,11,16-18H,7-10,12-15H2,1-2H3,(H,29,36)/t16-,17+. The molecule has 1 N–H and O–H groups in total. The lowest BCUT2D eigenvalue weighted by Gasteiger charge is -2.29. The summed E-state index contributed by atoms with van der Waals surface area (Å²) in [4.78, 5) is 44.6. The molecule has 10 heteroatoms. The molecule has 0 saturated carbocycles. The van der Waals surface area contributed by atoms with Crippen LogP contribution in [0.25, 0.3) is 26.1 Å². The average Bonchev–Trinajstić information content (AvgIpc) is 3.56. The summed E-state index contributed by atoms with van der Waals surface area (Å²) in [5.74, 6) is 1.61. The van der Waals surface area contributed by atoms with Gasteiger partial charge in [-0.1, -0.05) is 12.1 Å². The number of rotatable bonds is 3. The van der Waals surface area contributed by atoms with E-state index in [1.807, 2.05) is 28.7 Å². The number of piperidine rings is 1. The number of hydrogen-bond donors (Lipinski definition) is 1. The van der Waals surface area contributed by atoms with E-state index in [1.165, 1.54) is 11.3 Å². The summed E-state index contributed by atoms with van der Waals surface area (Å²) < 4.78 is 3.01. The van der Waals surface area contributed by atoms with Crippen molar-refractivity contribution in [3.8, 4) is 0 Å². The van der Waals surface area contributed by atoms with Crippen molar-refractivity contribution in [3.05, 3.63) is 46.2 Å². The first-order chi connectivity index (χ1) is 18.0. The highest BCUT2D eigenvalue weighted by molar-refractivity contribution is 7.24. The molecule has 3 saturated heterocycles. The Morgan fingerprint density at radius 3 is 2.51 bits per heavy atom. The van der Waals surface area contributed by atoms with Crippen LogP contribution in [0.3, 0.4) is 0 Å². The predicted octanol–water partition coefficient (Wildman–Crippen LogP) is 2.28. The van der Waals surface area contributed by atoms with E-state index in [0.717, 1.165) is 62.3 Å². The fourth-order valence-electron chi connectivity index (χ4n) is 6.44. The van der Waals surface area contributed by atoms with E-state index in [1.54, 1.807) is 6.20 Å². The second-order valence-electron chi connectivity index (χ2n) is 11.0. The van der Waals surface area contributed by atoms with Crippen molar-refractivity contribution in [2.75, 3.05) is 58.3 Å². The fourth-order valence-corrected chi connectivity index (χ4v) is 7.62. The first-order valence-electron chi connectivity index (χ1n) is 13.1. The van der Waals surface area contributed by atoms with E-state index in [-0.39, 0.29) is 22.9 Å². The van der Waals surface area contributed by atoms with E-state index in [0.29, 0.717) is 33.6 Å². The number of carbonyl (C=O) groups is 1. The van der Waals surface area contributed by atoms with Crippen LogP contribution in [0, 0.1) is 11.8 Å². The van der Waals surface area contributed by atoms with Crippen molar-refractivity contribution in [2.45, 2.75) is 18.9 Å². The number of likely N-dealkylation sites (tertiary alicyclic amines) is 2. The minimum Gasteiger partial charge on any atom is -0.349 e. The van der Waals surface area contributed by atoms with Gasteiger partial charge in [-0.3, -0.25) is 14.0 Å². The van der Waals surface area contributed by atoms with Gasteiger partial charge in [0.1, 0.15) is 10.4 Å². The van der Waals surface area contributed by atoms with E-state index in [4.69, 9.17) is 4.98 Å². The van der Waals surface area contributed by atoms with Gasteiger partial charge in [-0.25, -0.2) is 4.98 Å². The molecule has 1 aromatic carbocycles. The maximum Gasteiger partial charge on any atom is 0.258 e. The van der Waals surface area contributed by atoms with Crippen LogP contribution in [0.4, 0.5) is 5.95 Å². The highest BCUT2D eigenvalue weighted by Gasteiger charge is 2.39. The maximum absolute atomic E-state index is 13.8. The first-order valence-corrected chi connectivity index (χ1v) is 13.9. The molecule has 3 aliphatic rings. The van der Waals surface area contributed by atoms with Crippen molar-refractivity contribution < 1.29 is 4.79 Å². The van der Waals surface area contributed by atoms with Crippen LogP contribution in [0.5, 0.6) is 0 Å². The first kappa shape index (κ1) is 23.1. The van der Waals surface area contributed by atoms with E-state index >= 15 is 0 Å². The van der Waals surface area contributed by atoms with Crippen molar-refractivity contribution in [1.29, 1.82) is 0 Å². The Kier molecular flexibility index (Phi) is 5.45. The number of anilines is 1. The predicted molar refractivity (Wildman–Crippen MR) is 147 cm³/mol. The lowest BCUT2D eigenvalue weighted by molar-refractivity contribution is 0.0917. The highest BCUT2D eigenvalue weighted by atomic mass is 32.1. The van der Waals surface area contributed by atoms with Crippen molar-refractivity contribution in [2.24, 2.45) is 11.8 Å². The molecule has 0 radical (unpaired) electrons. The molecular weight excluding hydrogens is 486 g/mol. The molecule has 3 aromatic heterocycles. The number of fused-ring (bicyclic) bond motifs is 6. The number of benzene rings is 1. The Morgan fingerprint density at radius 1 is 1.03 bits per heavy atom. The second-order valence-corrected chi connectivity index (χ2v) is 12.0. The summed E-state index contributed by atoms with van der Waals surface area (Å²) in [5, 5.41) is 3.54. The van der Waals surface area contributed by atoms with Gasteiger partial charge in [-0.15, -0.1) is 11.3 Å². The molecule has 7 rings (SSSR count). The topological polar surface area (TPSA) is 86.1 Å². The summed E-state index contributed by atoms with van der Waals surface area (Å²) in [6.45, 7) is 5.93. The number of amides is 1. The molecule has 0 unspecified atom stereocenters. The second kappa shape index (κ2) is 8.75. The molecule has 2 atom stereocenters. The number of thiazole rings is 1. The Bertz CT molecular complexity index is 1570. The van der Waals surface area contributed by atoms with Gasteiger partial charge < -0.3 is 20.0 Å². The van der Waals surface area contributed by atoms with Gasteiger partial charge in [0, 0.05) is 38.4 Å². The van der Waals surface area contributed by atoms with Crippen LogP contribution < -0.4 is 15.6 Å². The van der Waals surface area contributed by atoms with Gasteiger partial charge >= 0.3 is 0 Å². The number of carbonyl (C=O) groups excluding carboxylic acids is 1. The third kappa shape index (κ3) is 3.81. The van der Waals surface area contributed by atoms with Crippen LogP contribution in [-0.2, 0) is 0 Å². The third-order valence-corrected chi connectivity index (χ3v) is 9.55. The Labute approximate surface area is 218 Å². The largest absolute Gasteiger partial charge is 0.349 e. The Hall–Kier alpha value is -3.08. The Morgan fingerprint density at radius 2 is 1.76 bits per heavy atom. The molecule has 192 valence electrons. The number of aromatic nitrogens is 3. The van der Waals surface area contributed by atoms with Crippen LogP contribution in [-0.4, -0.2) is 89.5 Å². The molecule has 6 heterocycles. The average molecular weight is 518 g/mol. The monoisotopic (exact) mass is 517 g/mol. The van der Waals surface area contributed by atoms with Crippen LogP contribution in [0.15, 0.2) is 35.3 Å². The smallest absolute Gasteiger partial charge is 0.258 e. The lowest BCUT2D eigenvalue weighted by atomic mass is 10.0. The molecule has 4 aromatic rings. The number of hydrogen-bond acceptors (Lipinski definition) is 8. The van der Waals surface area contributed by atoms with Gasteiger partial charge in [0.25, 0.3) is 5.91 Å². The minimum absolute atomic E-state index is 0.0699. The SMILES string of the molecule is CN1CCC(NC(=O)c2c(=O)c3cnc(N4C[C@H]5CN(C)C[C@H]5C4)nc3n3c2sc2ccccc23)CC1. The third-order valence-electron chi connectivity index (χ3n) is 8.40. The molecule has 3 fully saturated rings. The summed E-state index contributed by atoms with van der Waals surface area (Å²) in [6, 6.07) is 8.09. The molecule has 0 spiro atoms. The maximum atomic E-state index is 13.8. The van der Waals surface area contributed by atoms with Crippen LogP contribution in [0.1, 0.15) is 23.2 Å². The van der Waals surface area contributed by atoms with Gasteiger partial charge in [0.15, 0.2) is 5.65 Å². The van der Waals surface area contributed by atoms with E-state index in [9.17, 15) is 9.59 Å². The van der Waals surface area contributed by atoms with E-state index in [2.05, 4.69) is 39.1 Å². The van der Waals surface area contributed by atoms with E-state index < -0.39 is 0 Å². The molecule has 3 aliphatic heterocycles. The number of pyridine rings is 1. The van der Waals surface area contributed by atoms with Gasteiger partial charge in [0.05, 0.1) is 15.6 Å². The number of nitrogens with zero attached hydrogens (tertiary/aromatic N) is 6. The van der Waals surface area contributed by atoms with Gasteiger partial charge in [-0.05, 0) is 64.0 Å².